The van der Waals surface area contributed by atoms with Crippen molar-refractivity contribution in [1.82, 2.24) is 9.97 Å². The highest BCUT2D eigenvalue weighted by molar-refractivity contribution is 9.10. The molecule has 2 aromatic rings. The minimum Gasteiger partial charge on any atom is -0.339 e. The van der Waals surface area contributed by atoms with E-state index in [-0.39, 0.29) is 0 Å². The second-order valence-corrected chi connectivity index (χ2v) is 5.62. The molecule has 1 aromatic carbocycles. The highest BCUT2D eigenvalue weighted by atomic mass is 79.9. The van der Waals surface area contributed by atoms with Gasteiger partial charge in [-0.1, -0.05) is 13.0 Å². The number of nitrogens with one attached hydrogen (secondary N) is 1. The number of anilines is 2. The summed E-state index contributed by atoms with van der Waals surface area (Å²) < 4.78 is 1.82. The van der Waals surface area contributed by atoms with Gasteiger partial charge in [0.1, 0.15) is 16.2 Å². The highest BCUT2D eigenvalue weighted by Crippen LogP contribution is 2.26. The Hall–Kier alpha value is -0.940. The van der Waals surface area contributed by atoms with Gasteiger partial charge in [0, 0.05) is 17.0 Å². The minimum absolute atomic E-state index is 0.790. The Morgan fingerprint density at radius 1 is 1.17 bits per heavy atom. The topological polar surface area (TPSA) is 37.8 Å². The maximum atomic E-state index is 4.44. The fraction of sp³-hybridized carbons (Fsp3) is 0.231. The minimum atomic E-state index is 0.790. The van der Waals surface area contributed by atoms with E-state index in [2.05, 4.69) is 66.2 Å². The summed E-state index contributed by atoms with van der Waals surface area (Å²) in [5.41, 5.74) is 2.21. The Balaban J connectivity index is 2.30. The number of benzene rings is 1. The molecule has 18 heavy (non-hydrogen) atoms. The summed E-state index contributed by atoms with van der Waals surface area (Å²) in [4.78, 5) is 8.72. The van der Waals surface area contributed by atoms with Gasteiger partial charge >= 0.3 is 0 Å². The van der Waals surface area contributed by atoms with Gasteiger partial charge in [0.05, 0.1) is 5.69 Å². The summed E-state index contributed by atoms with van der Waals surface area (Å²) in [5, 5.41) is 3.29. The zero-order valence-electron chi connectivity index (χ0n) is 10.2. The summed E-state index contributed by atoms with van der Waals surface area (Å²) in [7, 11) is 0. The van der Waals surface area contributed by atoms with Crippen molar-refractivity contribution in [2.45, 2.75) is 20.3 Å². The number of aryl methyl sites for hydroxylation is 2. The second-order valence-electron chi connectivity index (χ2n) is 3.95. The first-order valence-electron chi connectivity index (χ1n) is 5.65. The number of nitrogens with zero attached hydrogens (tertiary/aromatic N) is 2. The van der Waals surface area contributed by atoms with E-state index in [1.54, 1.807) is 0 Å². The van der Waals surface area contributed by atoms with Crippen LogP contribution in [0.4, 0.5) is 11.5 Å². The normalized spacial score (nSPS) is 10.4. The molecule has 0 aliphatic heterocycles. The van der Waals surface area contributed by atoms with E-state index in [4.69, 9.17) is 0 Å². The maximum absolute atomic E-state index is 4.44. The number of hydrogen-bond acceptors (Lipinski definition) is 3. The number of hydrogen-bond donors (Lipinski definition) is 1. The molecule has 1 N–H and O–H groups in total. The molecule has 0 fully saturated rings. The monoisotopic (exact) mass is 369 g/mol. The zero-order chi connectivity index (χ0) is 13.1. The third kappa shape index (κ3) is 3.29. The largest absolute Gasteiger partial charge is 0.339 e. The smallest absolute Gasteiger partial charge is 0.135 e. The molecule has 94 valence electrons. The van der Waals surface area contributed by atoms with E-state index in [1.807, 2.05) is 19.1 Å². The van der Waals surface area contributed by atoms with Crippen molar-refractivity contribution in [2.75, 3.05) is 5.32 Å². The van der Waals surface area contributed by atoms with Gasteiger partial charge in [-0.3, -0.25) is 0 Å². The van der Waals surface area contributed by atoms with Gasteiger partial charge in [-0.05, 0) is 56.5 Å². The average Bonchev–Trinajstić information content (AvgIpc) is 2.32. The quantitative estimate of drug-likeness (QED) is 0.801. The van der Waals surface area contributed by atoms with Crippen molar-refractivity contribution in [3.8, 4) is 0 Å². The van der Waals surface area contributed by atoms with Gasteiger partial charge < -0.3 is 5.32 Å². The van der Waals surface area contributed by atoms with Gasteiger partial charge in [0.2, 0.25) is 0 Å². The first kappa shape index (κ1) is 13.5. The van der Waals surface area contributed by atoms with Crippen LogP contribution in [-0.2, 0) is 6.42 Å². The lowest BCUT2D eigenvalue weighted by Crippen LogP contribution is -2.00. The standard InChI is InChI=1S/C13H13Br2N3/c1-3-12-17-11(15)7-13(18-12)16-10-5-4-8(2)6-9(10)14/h4-7H,3H2,1-2H3,(H,16,17,18). The van der Waals surface area contributed by atoms with Crippen LogP contribution in [0, 0.1) is 6.92 Å². The Labute approximate surface area is 123 Å². The number of halogens is 2. The molecule has 1 heterocycles. The summed E-state index contributed by atoms with van der Waals surface area (Å²) >= 11 is 6.94. The van der Waals surface area contributed by atoms with Gasteiger partial charge in [0.15, 0.2) is 0 Å². The Morgan fingerprint density at radius 3 is 2.61 bits per heavy atom. The fourth-order valence-electron chi connectivity index (χ4n) is 1.55. The molecule has 5 heteroatoms. The predicted molar refractivity (Wildman–Crippen MR) is 81.3 cm³/mol. The van der Waals surface area contributed by atoms with E-state index in [9.17, 15) is 0 Å². The summed E-state index contributed by atoms with van der Waals surface area (Å²) in [6.45, 7) is 4.10. The molecule has 0 aliphatic carbocycles. The molecule has 0 aliphatic rings. The van der Waals surface area contributed by atoms with Crippen molar-refractivity contribution in [3.63, 3.8) is 0 Å². The van der Waals surface area contributed by atoms with Crippen LogP contribution < -0.4 is 5.32 Å². The van der Waals surface area contributed by atoms with Gasteiger partial charge in [-0.2, -0.15) is 0 Å². The maximum Gasteiger partial charge on any atom is 0.135 e. The van der Waals surface area contributed by atoms with Crippen LogP contribution in [-0.4, -0.2) is 9.97 Å². The van der Waals surface area contributed by atoms with Crippen LogP contribution in [0.3, 0.4) is 0 Å². The molecule has 2 rings (SSSR count). The molecule has 0 atom stereocenters. The van der Waals surface area contributed by atoms with Gasteiger partial charge in [0.25, 0.3) is 0 Å². The van der Waals surface area contributed by atoms with Crippen LogP contribution >= 0.6 is 31.9 Å². The van der Waals surface area contributed by atoms with Crippen LogP contribution in [0.15, 0.2) is 33.3 Å². The van der Waals surface area contributed by atoms with Gasteiger partial charge in [-0.25, -0.2) is 9.97 Å². The molecule has 0 unspecified atom stereocenters. The zero-order valence-corrected chi connectivity index (χ0v) is 13.3. The second kappa shape index (κ2) is 5.80. The van der Waals surface area contributed by atoms with E-state index < -0.39 is 0 Å². The van der Waals surface area contributed by atoms with Crippen LogP contribution in [0.2, 0.25) is 0 Å². The molecule has 3 nitrogen and oxygen atoms in total. The molecule has 0 spiro atoms. The van der Waals surface area contributed by atoms with Crippen LogP contribution in [0.5, 0.6) is 0 Å². The van der Waals surface area contributed by atoms with Crippen molar-refractivity contribution >= 4 is 43.4 Å². The summed E-state index contributed by atoms with van der Waals surface area (Å²) in [5.74, 6) is 1.60. The molecule has 0 amide bonds. The SMILES string of the molecule is CCc1nc(Br)cc(Nc2ccc(C)cc2Br)n1. The molecular weight excluding hydrogens is 358 g/mol. The summed E-state index contributed by atoms with van der Waals surface area (Å²) in [6.07, 6.45) is 0.809. The molecular formula is C13H13Br2N3. The predicted octanol–water partition coefficient (Wildman–Crippen LogP) is 4.62. The number of rotatable bonds is 3. The van der Waals surface area contributed by atoms with Gasteiger partial charge in [-0.15, -0.1) is 0 Å². The molecule has 1 aromatic heterocycles. The Bertz CT molecular complexity index is 570. The average molecular weight is 371 g/mol. The molecule has 0 saturated carbocycles. The Morgan fingerprint density at radius 2 is 1.94 bits per heavy atom. The van der Waals surface area contributed by atoms with Crippen LogP contribution in [0.1, 0.15) is 18.3 Å². The highest BCUT2D eigenvalue weighted by Gasteiger charge is 2.04. The molecule has 0 bridgehead atoms. The van der Waals surface area contributed by atoms with Crippen molar-refractivity contribution in [3.05, 3.63) is 44.7 Å². The lowest BCUT2D eigenvalue weighted by molar-refractivity contribution is 0.931. The van der Waals surface area contributed by atoms with E-state index in [1.165, 1.54) is 5.56 Å². The van der Waals surface area contributed by atoms with E-state index in [0.29, 0.717) is 0 Å². The van der Waals surface area contributed by atoms with Crippen molar-refractivity contribution < 1.29 is 0 Å². The lowest BCUT2D eigenvalue weighted by Gasteiger charge is -2.09. The summed E-state index contributed by atoms with van der Waals surface area (Å²) in [6, 6.07) is 8.02. The first-order valence-corrected chi connectivity index (χ1v) is 7.23. The lowest BCUT2D eigenvalue weighted by atomic mass is 10.2. The fourth-order valence-corrected chi connectivity index (χ4v) is 2.56. The van der Waals surface area contributed by atoms with Crippen molar-refractivity contribution in [1.29, 1.82) is 0 Å². The van der Waals surface area contributed by atoms with Crippen molar-refractivity contribution in [2.24, 2.45) is 0 Å². The third-order valence-electron chi connectivity index (χ3n) is 2.44. The van der Waals surface area contributed by atoms with Crippen LogP contribution in [0.25, 0.3) is 0 Å². The number of aromatic nitrogens is 2. The Kier molecular flexibility index (Phi) is 4.35. The molecule has 0 saturated heterocycles. The van der Waals surface area contributed by atoms with E-state index in [0.717, 1.165) is 32.8 Å². The molecule has 0 radical (unpaired) electrons. The third-order valence-corrected chi connectivity index (χ3v) is 3.51. The van der Waals surface area contributed by atoms with E-state index >= 15 is 0 Å². The first-order chi connectivity index (χ1) is 8.58.